The van der Waals surface area contributed by atoms with Crippen molar-refractivity contribution in [3.05, 3.63) is 29.5 Å². The van der Waals surface area contributed by atoms with Gasteiger partial charge in [0.15, 0.2) is 11.5 Å². The van der Waals surface area contributed by atoms with Gasteiger partial charge in [0.05, 0.1) is 14.2 Å². The molecule has 0 atom stereocenters. The van der Waals surface area contributed by atoms with Gasteiger partial charge < -0.3 is 14.0 Å². The van der Waals surface area contributed by atoms with Crippen molar-refractivity contribution in [2.75, 3.05) is 14.2 Å². The number of hydrogen-bond acceptors (Lipinski definition) is 4. The van der Waals surface area contributed by atoms with Gasteiger partial charge in [-0.3, -0.25) is 0 Å². The lowest BCUT2D eigenvalue weighted by Crippen LogP contribution is -1.92. The van der Waals surface area contributed by atoms with Gasteiger partial charge in [-0.2, -0.15) is 0 Å². The van der Waals surface area contributed by atoms with Gasteiger partial charge in [0.1, 0.15) is 11.5 Å². The van der Waals surface area contributed by atoms with E-state index in [2.05, 4.69) is 5.16 Å². The van der Waals surface area contributed by atoms with Crippen LogP contribution in [0.2, 0.25) is 0 Å². The molecule has 1 aliphatic rings. The quantitative estimate of drug-likeness (QED) is 0.834. The predicted molar refractivity (Wildman–Crippen MR) is 67.1 cm³/mol. The molecule has 3 rings (SSSR count). The highest BCUT2D eigenvalue weighted by atomic mass is 16.5. The summed E-state index contributed by atoms with van der Waals surface area (Å²) in [6.07, 6.45) is 3.19. The number of nitrogens with zero attached hydrogens (tertiary/aromatic N) is 1. The summed E-state index contributed by atoms with van der Waals surface area (Å²) in [6, 6.07) is 5.82. The number of methoxy groups -OCH3 is 2. The summed E-state index contributed by atoms with van der Waals surface area (Å²) in [4.78, 5) is 0. The molecule has 4 heteroatoms. The zero-order valence-corrected chi connectivity index (χ0v) is 10.5. The Bertz CT molecular complexity index is 574. The highest BCUT2D eigenvalue weighted by molar-refractivity contribution is 5.67. The van der Waals surface area contributed by atoms with Crippen LogP contribution in [0.4, 0.5) is 0 Å². The van der Waals surface area contributed by atoms with Gasteiger partial charge >= 0.3 is 0 Å². The summed E-state index contributed by atoms with van der Waals surface area (Å²) in [7, 11) is 3.26. The lowest BCUT2D eigenvalue weighted by molar-refractivity contribution is 0.355. The molecule has 0 amide bonds. The predicted octanol–water partition coefficient (Wildman–Crippen LogP) is 2.85. The smallest absolute Gasteiger partial charge is 0.161 e. The van der Waals surface area contributed by atoms with Crippen molar-refractivity contribution < 1.29 is 14.0 Å². The average Bonchev–Trinajstić information content (AvgIpc) is 3.00. The molecule has 94 valence electrons. The van der Waals surface area contributed by atoms with E-state index in [1.165, 1.54) is 5.56 Å². The summed E-state index contributed by atoms with van der Waals surface area (Å²) in [5.41, 5.74) is 3.19. The molecule has 0 saturated carbocycles. The SMILES string of the molecule is COc1ccc(-c2noc3c2CCC3)cc1OC. The number of aromatic nitrogens is 1. The molecule has 18 heavy (non-hydrogen) atoms. The number of rotatable bonds is 3. The summed E-state index contributed by atoms with van der Waals surface area (Å²) in [6.45, 7) is 0. The van der Waals surface area contributed by atoms with Crippen LogP contribution in [0.1, 0.15) is 17.7 Å². The lowest BCUT2D eigenvalue weighted by Gasteiger charge is -2.08. The summed E-state index contributed by atoms with van der Waals surface area (Å²) in [5.74, 6) is 2.46. The Kier molecular flexibility index (Phi) is 2.70. The molecule has 0 radical (unpaired) electrons. The Labute approximate surface area is 105 Å². The van der Waals surface area contributed by atoms with Crippen LogP contribution in [-0.4, -0.2) is 19.4 Å². The maximum Gasteiger partial charge on any atom is 0.161 e. The minimum atomic E-state index is 0.713. The summed E-state index contributed by atoms with van der Waals surface area (Å²) in [5, 5.41) is 4.17. The van der Waals surface area contributed by atoms with Gasteiger partial charge in [-0.1, -0.05) is 5.16 Å². The van der Waals surface area contributed by atoms with Crippen LogP contribution in [0, 0.1) is 0 Å². The van der Waals surface area contributed by atoms with E-state index in [4.69, 9.17) is 14.0 Å². The highest BCUT2D eigenvalue weighted by Crippen LogP contribution is 2.36. The zero-order valence-electron chi connectivity index (χ0n) is 10.5. The Morgan fingerprint density at radius 2 is 1.94 bits per heavy atom. The molecule has 4 nitrogen and oxygen atoms in total. The van der Waals surface area contributed by atoms with E-state index < -0.39 is 0 Å². The highest BCUT2D eigenvalue weighted by Gasteiger charge is 2.22. The van der Waals surface area contributed by atoms with Gasteiger partial charge in [-0.15, -0.1) is 0 Å². The first kappa shape index (κ1) is 11.1. The third-order valence-electron chi connectivity index (χ3n) is 3.36. The standard InChI is InChI=1S/C14H15NO3/c1-16-12-7-6-9(8-13(12)17-2)14-10-4-3-5-11(10)18-15-14/h6-8H,3-5H2,1-2H3. The van der Waals surface area contributed by atoms with Crippen molar-refractivity contribution in [1.82, 2.24) is 5.16 Å². The molecule has 0 fully saturated rings. The second-order valence-corrected chi connectivity index (χ2v) is 4.36. The van der Waals surface area contributed by atoms with E-state index in [0.717, 1.165) is 42.0 Å². The van der Waals surface area contributed by atoms with Crippen LogP contribution in [0.25, 0.3) is 11.3 Å². The molecule has 1 aromatic heterocycles. The Hall–Kier alpha value is -1.97. The van der Waals surface area contributed by atoms with E-state index >= 15 is 0 Å². The fourth-order valence-electron chi connectivity index (χ4n) is 2.43. The van der Waals surface area contributed by atoms with Crippen LogP contribution in [0.15, 0.2) is 22.7 Å². The number of ether oxygens (including phenoxy) is 2. The Morgan fingerprint density at radius 3 is 2.72 bits per heavy atom. The fourth-order valence-corrected chi connectivity index (χ4v) is 2.43. The van der Waals surface area contributed by atoms with Crippen LogP contribution in [0.3, 0.4) is 0 Å². The lowest BCUT2D eigenvalue weighted by atomic mass is 10.1. The molecule has 0 unspecified atom stereocenters. The van der Waals surface area contributed by atoms with E-state index in [1.807, 2.05) is 18.2 Å². The fraction of sp³-hybridized carbons (Fsp3) is 0.357. The Balaban J connectivity index is 2.06. The minimum Gasteiger partial charge on any atom is -0.493 e. The molecule has 0 bridgehead atoms. The van der Waals surface area contributed by atoms with Crippen molar-refractivity contribution in [2.45, 2.75) is 19.3 Å². The van der Waals surface area contributed by atoms with Gasteiger partial charge in [-0.25, -0.2) is 0 Å². The van der Waals surface area contributed by atoms with Crippen molar-refractivity contribution >= 4 is 0 Å². The normalized spacial score (nSPS) is 13.4. The van der Waals surface area contributed by atoms with Crippen molar-refractivity contribution in [2.24, 2.45) is 0 Å². The molecule has 1 aromatic carbocycles. The van der Waals surface area contributed by atoms with Gasteiger partial charge in [0.25, 0.3) is 0 Å². The molecule has 2 aromatic rings. The van der Waals surface area contributed by atoms with E-state index in [1.54, 1.807) is 14.2 Å². The topological polar surface area (TPSA) is 44.5 Å². The van der Waals surface area contributed by atoms with Crippen LogP contribution >= 0.6 is 0 Å². The molecule has 0 saturated heterocycles. The third kappa shape index (κ3) is 1.65. The number of aryl methyl sites for hydroxylation is 1. The van der Waals surface area contributed by atoms with Gasteiger partial charge in [-0.05, 0) is 31.0 Å². The van der Waals surface area contributed by atoms with E-state index in [-0.39, 0.29) is 0 Å². The molecule has 1 heterocycles. The second kappa shape index (κ2) is 4.37. The minimum absolute atomic E-state index is 0.713. The molecular formula is C14H15NO3. The third-order valence-corrected chi connectivity index (χ3v) is 3.36. The van der Waals surface area contributed by atoms with Crippen molar-refractivity contribution in [3.63, 3.8) is 0 Å². The average molecular weight is 245 g/mol. The zero-order chi connectivity index (χ0) is 12.5. The van der Waals surface area contributed by atoms with E-state index in [9.17, 15) is 0 Å². The van der Waals surface area contributed by atoms with Crippen molar-refractivity contribution in [3.8, 4) is 22.8 Å². The van der Waals surface area contributed by atoms with Crippen LogP contribution < -0.4 is 9.47 Å². The maximum absolute atomic E-state index is 5.37. The number of hydrogen-bond donors (Lipinski definition) is 0. The largest absolute Gasteiger partial charge is 0.493 e. The monoisotopic (exact) mass is 245 g/mol. The molecule has 0 N–H and O–H groups in total. The molecule has 0 spiro atoms. The van der Waals surface area contributed by atoms with Gasteiger partial charge in [0, 0.05) is 17.5 Å². The van der Waals surface area contributed by atoms with Crippen molar-refractivity contribution in [1.29, 1.82) is 0 Å². The summed E-state index contributed by atoms with van der Waals surface area (Å²) < 4.78 is 15.9. The van der Waals surface area contributed by atoms with Crippen LogP contribution in [0.5, 0.6) is 11.5 Å². The molecule has 1 aliphatic carbocycles. The number of fused-ring (bicyclic) bond motifs is 1. The second-order valence-electron chi connectivity index (χ2n) is 4.36. The first-order chi connectivity index (χ1) is 8.83. The Morgan fingerprint density at radius 1 is 1.11 bits per heavy atom. The van der Waals surface area contributed by atoms with Crippen LogP contribution in [-0.2, 0) is 12.8 Å². The maximum atomic E-state index is 5.37. The molecular weight excluding hydrogens is 230 g/mol. The number of benzene rings is 1. The summed E-state index contributed by atoms with van der Waals surface area (Å²) >= 11 is 0. The molecule has 0 aliphatic heterocycles. The van der Waals surface area contributed by atoms with Gasteiger partial charge in [0.2, 0.25) is 0 Å². The first-order valence-electron chi connectivity index (χ1n) is 6.03. The van der Waals surface area contributed by atoms with E-state index in [0.29, 0.717) is 5.75 Å². The first-order valence-corrected chi connectivity index (χ1v) is 6.03.